The van der Waals surface area contributed by atoms with E-state index in [0.717, 1.165) is 12.5 Å². The zero-order valence-corrected chi connectivity index (χ0v) is 11.8. The molecule has 1 nitrogen and oxygen atoms in total. The van der Waals surface area contributed by atoms with Crippen LogP contribution in [0.3, 0.4) is 0 Å². The summed E-state index contributed by atoms with van der Waals surface area (Å²) in [6, 6.07) is 12.9. The fraction of sp³-hybridized carbons (Fsp3) is 0.294. The van der Waals surface area contributed by atoms with Gasteiger partial charge in [0.2, 0.25) is 0 Å². The van der Waals surface area contributed by atoms with Gasteiger partial charge in [-0.25, -0.2) is 0 Å². The highest BCUT2D eigenvalue weighted by molar-refractivity contribution is 7.13. The lowest BCUT2D eigenvalue weighted by atomic mass is 9.94. The molecule has 0 spiro atoms. The minimum absolute atomic E-state index is 0.779. The van der Waals surface area contributed by atoms with Crippen LogP contribution >= 0.6 is 11.3 Å². The van der Waals surface area contributed by atoms with Crippen LogP contribution in [0.2, 0.25) is 0 Å². The van der Waals surface area contributed by atoms with Crippen LogP contribution in [0.5, 0.6) is 0 Å². The quantitative estimate of drug-likeness (QED) is 0.754. The first-order valence-electron chi connectivity index (χ1n) is 6.95. The molecule has 0 saturated heterocycles. The largest absolute Gasteiger partial charge is 0.384 e. The lowest BCUT2D eigenvalue weighted by Gasteiger charge is -2.20. The Balaban J connectivity index is 1.72. The van der Waals surface area contributed by atoms with E-state index < -0.39 is 0 Å². The van der Waals surface area contributed by atoms with Gasteiger partial charge in [-0.2, -0.15) is 0 Å². The molecule has 0 fully saturated rings. The van der Waals surface area contributed by atoms with E-state index in [1.807, 2.05) is 0 Å². The Morgan fingerprint density at radius 3 is 2.84 bits per heavy atom. The third kappa shape index (κ3) is 3.07. The van der Waals surface area contributed by atoms with E-state index in [1.54, 1.807) is 11.3 Å². The minimum atomic E-state index is 0.779. The molecular weight excluding hydrogens is 250 g/mol. The first-order chi connectivity index (χ1) is 9.43. The number of benzene rings is 1. The van der Waals surface area contributed by atoms with Gasteiger partial charge in [0.25, 0.3) is 0 Å². The Bertz CT molecular complexity index is 542. The minimum Gasteiger partial charge on any atom is -0.384 e. The van der Waals surface area contributed by atoms with Crippen LogP contribution in [0, 0.1) is 5.92 Å². The summed E-state index contributed by atoms with van der Waals surface area (Å²) < 4.78 is 0. The molecule has 2 heteroatoms. The molecule has 1 aromatic heterocycles. The molecule has 1 heterocycles. The zero-order valence-electron chi connectivity index (χ0n) is 11.0. The van der Waals surface area contributed by atoms with Crippen LogP contribution in [-0.4, -0.2) is 6.54 Å². The SMILES string of the molecule is C1=CCC(CNc2ccccc2-c2cccs2)CC1. The zero-order chi connectivity index (χ0) is 12.9. The molecule has 0 aliphatic heterocycles. The molecule has 0 radical (unpaired) electrons. The molecule has 0 saturated carbocycles. The predicted molar refractivity (Wildman–Crippen MR) is 84.7 cm³/mol. The van der Waals surface area contributed by atoms with E-state index in [4.69, 9.17) is 0 Å². The number of para-hydroxylation sites is 1. The number of thiophene rings is 1. The Morgan fingerprint density at radius 2 is 2.05 bits per heavy atom. The van der Waals surface area contributed by atoms with Crippen molar-refractivity contribution in [2.45, 2.75) is 19.3 Å². The van der Waals surface area contributed by atoms with E-state index in [9.17, 15) is 0 Å². The average Bonchev–Trinajstić information content (AvgIpc) is 3.01. The Morgan fingerprint density at radius 1 is 1.11 bits per heavy atom. The number of nitrogens with one attached hydrogen (secondary N) is 1. The summed E-state index contributed by atoms with van der Waals surface area (Å²) in [5, 5.41) is 5.78. The third-order valence-corrected chi connectivity index (χ3v) is 4.58. The van der Waals surface area contributed by atoms with Gasteiger partial charge in [0, 0.05) is 22.7 Å². The van der Waals surface area contributed by atoms with E-state index in [-0.39, 0.29) is 0 Å². The van der Waals surface area contributed by atoms with Crippen LogP contribution in [0.25, 0.3) is 10.4 Å². The van der Waals surface area contributed by atoms with Crippen molar-refractivity contribution in [2.24, 2.45) is 5.92 Å². The molecule has 1 unspecified atom stereocenters. The van der Waals surface area contributed by atoms with Gasteiger partial charge in [-0.15, -0.1) is 11.3 Å². The van der Waals surface area contributed by atoms with Crippen molar-refractivity contribution in [1.29, 1.82) is 0 Å². The van der Waals surface area contributed by atoms with Gasteiger partial charge < -0.3 is 5.32 Å². The van der Waals surface area contributed by atoms with Crippen molar-refractivity contribution in [3.8, 4) is 10.4 Å². The molecule has 1 aliphatic carbocycles. The van der Waals surface area contributed by atoms with Crippen LogP contribution in [-0.2, 0) is 0 Å². The van der Waals surface area contributed by atoms with Crippen molar-refractivity contribution in [3.05, 3.63) is 53.9 Å². The number of hydrogen-bond acceptors (Lipinski definition) is 2. The molecule has 0 amide bonds. The van der Waals surface area contributed by atoms with Crippen molar-refractivity contribution in [3.63, 3.8) is 0 Å². The first kappa shape index (κ1) is 12.5. The summed E-state index contributed by atoms with van der Waals surface area (Å²) in [6.45, 7) is 1.08. The highest BCUT2D eigenvalue weighted by Crippen LogP contribution is 2.31. The summed E-state index contributed by atoms with van der Waals surface area (Å²) in [4.78, 5) is 1.34. The first-order valence-corrected chi connectivity index (χ1v) is 7.83. The molecule has 1 aromatic carbocycles. The molecule has 2 aromatic rings. The van der Waals surface area contributed by atoms with Crippen molar-refractivity contribution < 1.29 is 0 Å². The maximum Gasteiger partial charge on any atom is 0.0428 e. The van der Waals surface area contributed by atoms with E-state index in [0.29, 0.717) is 0 Å². The molecule has 1 atom stereocenters. The normalized spacial score (nSPS) is 18.4. The summed E-state index contributed by atoms with van der Waals surface area (Å²) in [5.74, 6) is 0.779. The summed E-state index contributed by atoms with van der Waals surface area (Å²) in [5.41, 5.74) is 2.59. The number of rotatable bonds is 4. The third-order valence-electron chi connectivity index (χ3n) is 3.67. The van der Waals surface area contributed by atoms with Crippen molar-refractivity contribution in [1.82, 2.24) is 0 Å². The molecule has 3 rings (SSSR count). The Labute approximate surface area is 119 Å². The van der Waals surface area contributed by atoms with E-state index in [1.165, 1.54) is 35.4 Å². The van der Waals surface area contributed by atoms with Crippen molar-refractivity contribution >= 4 is 17.0 Å². The maximum atomic E-state index is 3.64. The summed E-state index contributed by atoms with van der Waals surface area (Å²) in [6.07, 6.45) is 8.38. The van der Waals surface area contributed by atoms with Gasteiger partial charge in [-0.05, 0) is 42.7 Å². The second-order valence-corrected chi connectivity index (χ2v) is 6.00. The highest BCUT2D eigenvalue weighted by Gasteiger charge is 2.11. The molecular formula is C17H19NS. The second-order valence-electron chi connectivity index (χ2n) is 5.05. The van der Waals surface area contributed by atoms with Gasteiger partial charge in [-0.1, -0.05) is 36.4 Å². The van der Waals surface area contributed by atoms with Crippen LogP contribution < -0.4 is 5.32 Å². The molecule has 1 N–H and O–H groups in total. The fourth-order valence-electron chi connectivity index (χ4n) is 2.58. The van der Waals surface area contributed by atoms with Gasteiger partial charge >= 0.3 is 0 Å². The lowest BCUT2D eigenvalue weighted by molar-refractivity contribution is 0.504. The van der Waals surface area contributed by atoms with Crippen LogP contribution in [0.1, 0.15) is 19.3 Å². The van der Waals surface area contributed by atoms with Crippen LogP contribution in [0.15, 0.2) is 53.9 Å². The number of allylic oxidation sites excluding steroid dienone is 2. The smallest absolute Gasteiger partial charge is 0.0428 e. The maximum absolute atomic E-state index is 3.64. The van der Waals surface area contributed by atoms with Crippen molar-refractivity contribution in [2.75, 3.05) is 11.9 Å². The molecule has 98 valence electrons. The Kier molecular flexibility index (Phi) is 3.99. The predicted octanol–water partition coefficient (Wildman–Crippen LogP) is 5.18. The van der Waals surface area contributed by atoms with E-state index >= 15 is 0 Å². The lowest BCUT2D eigenvalue weighted by Crippen LogP contribution is -2.15. The van der Waals surface area contributed by atoms with E-state index in [2.05, 4.69) is 59.2 Å². The standard InChI is InChI=1S/C17H19NS/c1-2-7-14(8-3-1)13-18-16-10-5-4-9-15(16)17-11-6-12-19-17/h1-2,4-6,9-12,14,18H,3,7-8,13H2. The fourth-order valence-corrected chi connectivity index (χ4v) is 3.35. The van der Waals surface area contributed by atoms with Gasteiger partial charge in [0.15, 0.2) is 0 Å². The highest BCUT2D eigenvalue weighted by atomic mass is 32.1. The van der Waals surface area contributed by atoms with Gasteiger partial charge in [0.1, 0.15) is 0 Å². The molecule has 19 heavy (non-hydrogen) atoms. The molecule has 0 bridgehead atoms. The van der Waals surface area contributed by atoms with Gasteiger partial charge in [0.05, 0.1) is 0 Å². The monoisotopic (exact) mass is 269 g/mol. The summed E-state index contributed by atoms with van der Waals surface area (Å²) >= 11 is 1.80. The molecule has 1 aliphatic rings. The summed E-state index contributed by atoms with van der Waals surface area (Å²) in [7, 11) is 0. The van der Waals surface area contributed by atoms with Gasteiger partial charge in [-0.3, -0.25) is 0 Å². The average molecular weight is 269 g/mol. The second kappa shape index (κ2) is 6.07. The number of hydrogen-bond donors (Lipinski definition) is 1. The number of anilines is 1. The van der Waals surface area contributed by atoms with Crippen LogP contribution in [0.4, 0.5) is 5.69 Å². The topological polar surface area (TPSA) is 12.0 Å². The Hall–Kier alpha value is -1.54.